The van der Waals surface area contributed by atoms with Gasteiger partial charge in [0.05, 0.1) is 0 Å². The molecule has 0 aliphatic carbocycles. The van der Waals surface area contributed by atoms with Gasteiger partial charge in [-0.05, 0) is 44.9 Å². The molecule has 6 nitrogen and oxygen atoms in total. The molecule has 0 rings (SSSR count). The van der Waals surface area contributed by atoms with Gasteiger partial charge in [-0.25, -0.2) is 0 Å². The maximum Gasteiger partial charge on any atom is 0.306 e. The van der Waals surface area contributed by atoms with Crippen molar-refractivity contribution in [1.82, 2.24) is 0 Å². The zero-order valence-corrected chi connectivity index (χ0v) is 40.9. The molecule has 0 aromatic carbocycles. The SMILES string of the molecule is CCCC/C=C\C/C=C\CCCCCCCC(=O)O[C@H](COC(=O)CCCCCCCCCCCCCC)COC(=O)CCCCCCCCCCCCCCCCCCC. The lowest BCUT2D eigenvalue weighted by atomic mass is 10.0. The molecular weight excluding hydrogens is 757 g/mol. The number of ether oxygens (including phenoxy) is 3. The Hall–Kier alpha value is -2.11. The van der Waals surface area contributed by atoms with E-state index in [0.717, 1.165) is 83.5 Å². The van der Waals surface area contributed by atoms with Crippen molar-refractivity contribution in [3.8, 4) is 0 Å². The van der Waals surface area contributed by atoms with E-state index in [2.05, 4.69) is 45.1 Å². The fourth-order valence-electron chi connectivity index (χ4n) is 7.87. The predicted molar refractivity (Wildman–Crippen MR) is 261 cm³/mol. The highest BCUT2D eigenvalue weighted by Gasteiger charge is 2.19. The number of hydrogen-bond acceptors (Lipinski definition) is 6. The van der Waals surface area contributed by atoms with Crippen LogP contribution in [0.4, 0.5) is 0 Å². The minimum absolute atomic E-state index is 0.0720. The zero-order chi connectivity index (χ0) is 44.4. The van der Waals surface area contributed by atoms with Crippen LogP contribution in [0.1, 0.15) is 290 Å². The lowest BCUT2D eigenvalue weighted by Crippen LogP contribution is -2.30. The summed E-state index contributed by atoms with van der Waals surface area (Å²) in [6.45, 7) is 6.62. The summed E-state index contributed by atoms with van der Waals surface area (Å²) in [5.41, 5.74) is 0. The third-order valence-electron chi connectivity index (χ3n) is 12.0. The van der Waals surface area contributed by atoms with Crippen molar-refractivity contribution in [2.24, 2.45) is 0 Å². The van der Waals surface area contributed by atoms with Gasteiger partial charge in [-0.1, -0.05) is 251 Å². The first-order chi connectivity index (χ1) is 30.0. The molecule has 0 aromatic heterocycles. The van der Waals surface area contributed by atoms with E-state index in [0.29, 0.717) is 19.3 Å². The Morgan fingerprint density at radius 2 is 0.607 bits per heavy atom. The van der Waals surface area contributed by atoms with Gasteiger partial charge in [0.15, 0.2) is 6.10 Å². The molecule has 0 spiro atoms. The highest BCUT2D eigenvalue weighted by atomic mass is 16.6. The van der Waals surface area contributed by atoms with E-state index in [9.17, 15) is 14.4 Å². The summed E-state index contributed by atoms with van der Waals surface area (Å²) < 4.78 is 16.8. The number of allylic oxidation sites excluding steroid dienone is 4. The third kappa shape index (κ3) is 48.8. The van der Waals surface area contributed by atoms with E-state index in [-0.39, 0.29) is 31.1 Å². The molecular formula is C55H102O6. The molecule has 0 bridgehead atoms. The van der Waals surface area contributed by atoms with Gasteiger partial charge in [-0.15, -0.1) is 0 Å². The molecule has 0 heterocycles. The molecule has 61 heavy (non-hydrogen) atoms. The average Bonchev–Trinajstić information content (AvgIpc) is 3.26. The minimum Gasteiger partial charge on any atom is -0.462 e. The van der Waals surface area contributed by atoms with Crippen LogP contribution in [-0.2, 0) is 28.6 Å². The van der Waals surface area contributed by atoms with Crippen molar-refractivity contribution in [3.63, 3.8) is 0 Å². The van der Waals surface area contributed by atoms with Crippen molar-refractivity contribution in [2.75, 3.05) is 13.2 Å². The van der Waals surface area contributed by atoms with Gasteiger partial charge in [0, 0.05) is 19.3 Å². The van der Waals surface area contributed by atoms with Crippen LogP contribution in [0.2, 0.25) is 0 Å². The lowest BCUT2D eigenvalue weighted by Gasteiger charge is -2.18. The molecule has 0 radical (unpaired) electrons. The molecule has 0 amide bonds. The van der Waals surface area contributed by atoms with E-state index < -0.39 is 6.10 Å². The van der Waals surface area contributed by atoms with Crippen molar-refractivity contribution in [2.45, 2.75) is 297 Å². The van der Waals surface area contributed by atoms with Gasteiger partial charge in [-0.3, -0.25) is 14.4 Å². The molecule has 358 valence electrons. The standard InChI is InChI=1S/C55H102O6/c1-4-7-10-13-16-19-22-25-27-28-29-31-33-36-39-42-45-48-54(57)60-51-52(50-59-53(56)47-44-41-38-35-32-24-21-18-15-12-9-6-3)61-55(58)49-46-43-40-37-34-30-26-23-20-17-14-11-8-5-2/h14,17,23,26,52H,4-13,15-16,18-22,24-25,27-51H2,1-3H3/b17-14-,26-23-/t52-/m1/s1. The molecule has 0 unspecified atom stereocenters. The average molecular weight is 859 g/mol. The van der Waals surface area contributed by atoms with Crippen LogP contribution >= 0.6 is 0 Å². The number of rotatable bonds is 49. The summed E-state index contributed by atoms with van der Waals surface area (Å²) >= 11 is 0. The fourth-order valence-corrected chi connectivity index (χ4v) is 7.87. The molecule has 0 saturated heterocycles. The first-order valence-corrected chi connectivity index (χ1v) is 26.8. The summed E-state index contributed by atoms with van der Waals surface area (Å²) in [7, 11) is 0. The summed E-state index contributed by atoms with van der Waals surface area (Å²) in [6, 6.07) is 0. The second-order valence-electron chi connectivity index (χ2n) is 18.2. The molecule has 0 aromatic rings. The lowest BCUT2D eigenvalue weighted by molar-refractivity contribution is -0.167. The molecule has 1 atom stereocenters. The van der Waals surface area contributed by atoms with Gasteiger partial charge in [0.2, 0.25) is 0 Å². The predicted octanol–water partition coefficient (Wildman–Crippen LogP) is 17.5. The Bertz CT molecular complexity index is 989. The highest BCUT2D eigenvalue weighted by molar-refractivity contribution is 5.71. The summed E-state index contributed by atoms with van der Waals surface area (Å²) in [5.74, 6) is -0.870. The van der Waals surface area contributed by atoms with Crippen LogP contribution in [-0.4, -0.2) is 37.2 Å². The fraction of sp³-hybridized carbons (Fsp3) is 0.873. The summed E-state index contributed by atoms with van der Waals surface area (Å²) in [6.07, 6.45) is 57.3. The molecule has 6 heteroatoms. The summed E-state index contributed by atoms with van der Waals surface area (Å²) in [5, 5.41) is 0. The van der Waals surface area contributed by atoms with Gasteiger partial charge in [0.25, 0.3) is 0 Å². The molecule has 0 N–H and O–H groups in total. The van der Waals surface area contributed by atoms with E-state index in [4.69, 9.17) is 14.2 Å². The van der Waals surface area contributed by atoms with Crippen LogP contribution in [0, 0.1) is 0 Å². The van der Waals surface area contributed by atoms with Crippen molar-refractivity contribution < 1.29 is 28.6 Å². The quantitative estimate of drug-likeness (QED) is 0.0262. The van der Waals surface area contributed by atoms with Crippen LogP contribution in [0.15, 0.2) is 24.3 Å². The Morgan fingerprint density at radius 1 is 0.328 bits per heavy atom. The topological polar surface area (TPSA) is 78.9 Å². The van der Waals surface area contributed by atoms with Crippen LogP contribution in [0.3, 0.4) is 0 Å². The molecule has 0 saturated carbocycles. The van der Waals surface area contributed by atoms with Gasteiger partial charge < -0.3 is 14.2 Å². The Labute approximate surface area is 379 Å². The van der Waals surface area contributed by atoms with E-state index in [1.807, 2.05) is 0 Å². The first-order valence-electron chi connectivity index (χ1n) is 26.8. The van der Waals surface area contributed by atoms with Crippen molar-refractivity contribution >= 4 is 17.9 Å². The second-order valence-corrected chi connectivity index (χ2v) is 18.2. The maximum atomic E-state index is 12.8. The monoisotopic (exact) mass is 859 g/mol. The van der Waals surface area contributed by atoms with E-state index in [1.54, 1.807) is 0 Å². The highest BCUT2D eigenvalue weighted by Crippen LogP contribution is 2.16. The van der Waals surface area contributed by atoms with E-state index >= 15 is 0 Å². The Balaban J connectivity index is 4.32. The van der Waals surface area contributed by atoms with Crippen LogP contribution in [0.5, 0.6) is 0 Å². The molecule has 0 fully saturated rings. The van der Waals surface area contributed by atoms with Crippen molar-refractivity contribution in [3.05, 3.63) is 24.3 Å². The maximum absolute atomic E-state index is 12.8. The van der Waals surface area contributed by atoms with Crippen LogP contribution < -0.4 is 0 Å². The van der Waals surface area contributed by atoms with Gasteiger partial charge in [0.1, 0.15) is 13.2 Å². The van der Waals surface area contributed by atoms with Crippen LogP contribution in [0.25, 0.3) is 0 Å². The normalized spacial score (nSPS) is 12.1. The Kier molecular flexibility index (Phi) is 48.8. The Morgan fingerprint density at radius 3 is 0.951 bits per heavy atom. The molecule has 0 aliphatic rings. The molecule has 0 aliphatic heterocycles. The van der Waals surface area contributed by atoms with Crippen molar-refractivity contribution in [1.29, 1.82) is 0 Å². The number of hydrogen-bond donors (Lipinski definition) is 0. The summed E-state index contributed by atoms with van der Waals surface area (Å²) in [4.78, 5) is 38.0. The first kappa shape index (κ1) is 58.9. The minimum atomic E-state index is -0.772. The number of unbranched alkanes of at least 4 members (excludes halogenated alkanes) is 34. The van der Waals surface area contributed by atoms with E-state index in [1.165, 1.54) is 167 Å². The second kappa shape index (κ2) is 50.5. The third-order valence-corrected chi connectivity index (χ3v) is 12.0. The zero-order valence-electron chi connectivity index (χ0n) is 40.9. The number of carbonyl (C=O) groups excluding carboxylic acids is 3. The smallest absolute Gasteiger partial charge is 0.306 e. The number of carbonyl (C=O) groups is 3. The number of esters is 3. The van der Waals surface area contributed by atoms with Gasteiger partial charge in [-0.2, -0.15) is 0 Å². The van der Waals surface area contributed by atoms with Gasteiger partial charge >= 0.3 is 17.9 Å². The largest absolute Gasteiger partial charge is 0.462 e.